The van der Waals surface area contributed by atoms with Gasteiger partial charge in [-0.3, -0.25) is 14.4 Å². The molecule has 414 valence electrons. The average molecular weight is 1000 g/mol. The largest absolute Gasteiger partial charge is 0.412 e. The van der Waals surface area contributed by atoms with E-state index in [-0.39, 0.29) is 76.4 Å². The summed E-state index contributed by atoms with van der Waals surface area (Å²) in [4.78, 5) is 37.8. The summed E-state index contributed by atoms with van der Waals surface area (Å²) in [7, 11) is 0. The number of carbonyl (C=O) groups is 3. The van der Waals surface area contributed by atoms with E-state index in [1.807, 2.05) is 0 Å². The summed E-state index contributed by atoms with van der Waals surface area (Å²) in [6.07, 6.45) is 17.3. The fourth-order valence-electron chi connectivity index (χ4n) is 14.5. The second-order valence-electron chi connectivity index (χ2n) is 24.6. The fraction of sp³-hybridized carbons (Fsp3) is 0.947. The number of ketones is 3. The minimum absolute atomic E-state index is 0. The van der Waals surface area contributed by atoms with Crippen molar-refractivity contribution in [3.05, 3.63) is 0 Å². The second kappa shape index (κ2) is 28.8. The van der Waals surface area contributed by atoms with E-state index in [0.717, 1.165) is 113 Å². The highest BCUT2D eigenvalue weighted by atomic mass is 19.2. The minimum Gasteiger partial charge on any atom is -0.412 e. The molecule has 12 heteroatoms. The van der Waals surface area contributed by atoms with Crippen LogP contribution in [0.25, 0.3) is 0 Å². The Bertz CT molecular complexity index is 1440. The van der Waals surface area contributed by atoms with Crippen LogP contribution < -0.4 is 0 Å². The number of hydrogen-bond donors (Lipinski definition) is 0. The molecule has 0 aliphatic heterocycles. The molecule has 8 saturated carbocycles. The summed E-state index contributed by atoms with van der Waals surface area (Å²) in [5, 5.41) is 0. The Labute approximate surface area is 420 Å². The first-order chi connectivity index (χ1) is 31.4. The maximum absolute atomic E-state index is 14.3. The lowest BCUT2D eigenvalue weighted by Gasteiger charge is -2.39. The van der Waals surface area contributed by atoms with Gasteiger partial charge in [-0.25, -0.2) is 26.3 Å². The zero-order valence-electron chi connectivity index (χ0n) is 43.6. The molecule has 0 heterocycles. The molecule has 0 aromatic heterocycles. The van der Waals surface area contributed by atoms with Crippen molar-refractivity contribution in [1.29, 1.82) is 0 Å². The van der Waals surface area contributed by atoms with Gasteiger partial charge < -0.3 is 16.4 Å². The van der Waals surface area contributed by atoms with Crippen molar-refractivity contribution < 1.29 is 64.3 Å². The molecule has 8 aliphatic carbocycles. The highest BCUT2D eigenvalue weighted by molar-refractivity contribution is 5.85. The predicted molar refractivity (Wildman–Crippen MR) is 276 cm³/mol. The summed E-state index contributed by atoms with van der Waals surface area (Å²) in [6.45, 7) is 12.1. The number of alkyl halides is 6. The zero-order valence-corrected chi connectivity index (χ0v) is 43.6. The van der Waals surface area contributed by atoms with Crippen LogP contribution in [0.2, 0.25) is 0 Å². The standard InChI is InChI=1S/2C21H34F2O.C15H24F2O.3H2O.5H2/c2*1-13-3-6-15(7-4-13)16-8-10-17(11-9-16)21(24)18-12-5-14(2)19(22)20(18)23;1-9-3-6-11(7-4-9)15(18)12-8-5-10(2)13(16)14(12)17;;;;;;;;/h2*13-20H,3-12H2,1-2H3;9-14H,3-8H2,1-2H3;3*1H2;5*1H. The molecule has 0 bridgehead atoms. The topological polar surface area (TPSA) is 146 Å². The van der Waals surface area contributed by atoms with Crippen LogP contribution >= 0.6 is 0 Å². The SMILES string of the molecule is CC1CCC(C(=O)C2CCC(C)C(F)C2F)CC1.CC1CCC(C2CCC(C(=O)C3CCC(C)C(F)C3F)CC2)CC1.CC1CCC(C2CCC(C(=O)C3CCC(C)C(F)C3F)CC2)CC1.O.O.O.[HH].[HH].[HH].[HH].[HH]. The molecule has 8 aliphatic rings. The molecule has 0 spiro atoms. The lowest BCUT2D eigenvalue weighted by atomic mass is 9.67. The van der Waals surface area contributed by atoms with Crippen LogP contribution in [0.5, 0.6) is 0 Å². The van der Waals surface area contributed by atoms with Crippen LogP contribution in [0.15, 0.2) is 0 Å². The summed E-state index contributed by atoms with van der Waals surface area (Å²) in [5.41, 5.74) is 0. The van der Waals surface area contributed by atoms with Crippen molar-refractivity contribution in [2.24, 2.45) is 94.7 Å². The van der Waals surface area contributed by atoms with E-state index in [9.17, 15) is 40.7 Å². The zero-order chi connectivity index (χ0) is 47.8. The average Bonchev–Trinajstić information content (AvgIpc) is 3.32. The molecule has 0 aromatic rings. The van der Waals surface area contributed by atoms with E-state index >= 15 is 0 Å². The first-order valence-electron chi connectivity index (χ1n) is 27.9. The quantitative estimate of drug-likeness (QED) is 0.223. The van der Waals surface area contributed by atoms with Gasteiger partial charge in [-0.1, -0.05) is 80.1 Å². The number of rotatable bonds is 8. The van der Waals surface area contributed by atoms with Crippen LogP contribution in [0, 0.1) is 94.7 Å². The Morgan fingerprint density at radius 1 is 0.275 bits per heavy atom. The van der Waals surface area contributed by atoms with Crippen molar-refractivity contribution in [1.82, 2.24) is 0 Å². The number of hydrogen-bond acceptors (Lipinski definition) is 3. The van der Waals surface area contributed by atoms with Crippen molar-refractivity contribution in [2.75, 3.05) is 0 Å². The van der Waals surface area contributed by atoms with Crippen molar-refractivity contribution >= 4 is 17.3 Å². The van der Waals surface area contributed by atoms with Gasteiger partial charge in [0, 0.05) is 24.9 Å². The Hall–Kier alpha value is -1.53. The third-order valence-corrected chi connectivity index (χ3v) is 19.8. The lowest BCUT2D eigenvalue weighted by Crippen LogP contribution is -2.43. The van der Waals surface area contributed by atoms with Gasteiger partial charge in [-0.15, -0.1) is 0 Å². The van der Waals surface area contributed by atoms with Gasteiger partial charge in [-0.05, 0) is 188 Å². The summed E-state index contributed by atoms with van der Waals surface area (Å²) in [6, 6.07) is 0. The van der Waals surface area contributed by atoms with E-state index in [0.29, 0.717) is 44.4 Å². The van der Waals surface area contributed by atoms with E-state index in [1.54, 1.807) is 20.8 Å². The number of carbonyl (C=O) groups excluding carboxylic acids is 3. The minimum atomic E-state index is -1.57. The summed E-state index contributed by atoms with van der Waals surface area (Å²) < 4.78 is 84.2. The predicted octanol–water partition coefficient (Wildman–Crippen LogP) is 14.7. The second-order valence-corrected chi connectivity index (χ2v) is 24.6. The van der Waals surface area contributed by atoms with E-state index in [2.05, 4.69) is 20.8 Å². The number of halogens is 6. The van der Waals surface area contributed by atoms with Crippen LogP contribution in [-0.2, 0) is 14.4 Å². The Kier molecular flexibility index (Phi) is 25.8. The molecule has 0 saturated heterocycles. The molecule has 12 unspecified atom stereocenters. The highest BCUT2D eigenvalue weighted by Crippen LogP contribution is 2.46. The van der Waals surface area contributed by atoms with Crippen molar-refractivity contribution in [3.8, 4) is 0 Å². The van der Waals surface area contributed by atoms with Crippen LogP contribution in [0.1, 0.15) is 216 Å². The molecule has 8 rings (SSSR count). The molecule has 0 radical (unpaired) electrons. The molecule has 6 N–H and O–H groups in total. The molecular weight excluding hydrogens is 895 g/mol. The monoisotopic (exact) mass is 1000 g/mol. The number of Topliss-reactive ketones (excluding diaryl/α,β-unsaturated/α-hetero) is 3. The summed E-state index contributed by atoms with van der Waals surface area (Å²) in [5.74, 6) is 2.96. The molecule has 0 amide bonds. The Morgan fingerprint density at radius 2 is 0.464 bits per heavy atom. The Morgan fingerprint density at radius 3 is 0.696 bits per heavy atom. The molecule has 0 aromatic carbocycles. The molecule has 8 fully saturated rings. The first-order valence-corrected chi connectivity index (χ1v) is 27.9. The maximum atomic E-state index is 14.3. The first kappa shape index (κ1) is 61.8. The molecule has 12 atom stereocenters. The fourth-order valence-corrected chi connectivity index (χ4v) is 14.5. The third-order valence-electron chi connectivity index (χ3n) is 19.8. The summed E-state index contributed by atoms with van der Waals surface area (Å²) >= 11 is 0. The van der Waals surface area contributed by atoms with Crippen LogP contribution in [0.4, 0.5) is 26.3 Å². The Balaban J connectivity index is -0.000000979. The van der Waals surface area contributed by atoms with Crippen LogP contribution in [0.3, 0.4) is 0 Å². The van der Waals surface area contributed by atoms with Crippen LogP contribution in [-0.4, -0.2) is 70.8 Å². The van der Waals surface area contributed by atoms with E-state index < -0.39 is 54.8 Å². The van der Waals surface area contributed by atoms with Gasteiger partial charge in [0.1, 0.15) is 54.4 Å². The van der Waals surface area contributed by atoms with E-state index in [4.69, 9.17) is 0 Å². The van der Waals surface area contributed by atoms with Gasteiger partial charge in [0.05, 0.1) is 17.8 Å². The van der Waals surface area contributed by atoms with E-state index in [1.165, 1.54) is 51.4 Å². The van der Waals surface area contributed by atoms with Crippen molar-refractivity contribution in [2.45, 2.75) is 246 Å². The normalized spacial score (nSPS) is 44.9. The van der Waals surface area contributed by atoms with Gasteiger partial charge in [-0.2, -0.15) is 0 Å². The lowest BCUT2D eigenvalue weighted by molar-refractivity contribution is -0.135. The van der Waals surface area contributed by atoms with Gasteiger partial charge >= 0.3 is 0 Å². The van der Waals surface area contributed by atoms with Gasteiger partial charge in [0.25, 0.3) is 0 Å². The van der Waals surface area contributed by atoms with Gasteiger partial charge in [0.2, 0.25) is 0 Å². The molecular formula is C57H108F6O6. The smallest absolute Gasteiger partial charge is 0.142 e. The molecule has 69 heavy (non-hydrogen) atoms. The maximum Gasteiger partial charge on any atom is 0.142 e. The highest BCUT2D eigenvalue weighted by Gasteiger charge is 2.47. The molecule has 6 nitrogen and oxygen atoms in total. The van der Waals surface area contributed by atoms with Crippen molar-refractivity contribution in [3.63, 3.8) is 0 Å². The third kappa shape index (κ3) is 16.0. The van der Waals surface area contributed by atoms with Gasteiger partial charge in [0.15, 0.2) is 0 Å².